The van der Waals surface area contributed by atoms with Crippen LogP contribution in [0, 0.1) is 12.3 Å². The van der Waals surface area contributed by atoms with Gasteiger partial charge in [0.05, 0.1) is 0 Å². The van der Waals surface area contributed by atoms with Crippen LogP contribution in [0.2, 0.25) is 0 Å². The van der Waals surface area contributed by atoms with Crippen molar-refractivity contribution in [3.05, 3.63) is 29.8 Å². The van der Waals surface area contributed by atoms with Crippen molar-refractivity contribution in [1.82, 2.24) is 5.32 Å². The van der Waals surface area contributed by atoms with Gasteiger partial charge in [-0.2, -0.15) is 0 Å². The molecule has 0 aliphatic carbocycles. The van der Waals surface area contributed by atoms with Crippen molar-refractivity contribution in [3.63, 3.8) is 0 Å². The van der Waals surface area contributed by atoms with Gasteiger partial charge in [-0.05, 0) is 36.6 Å². The highest BCUT2D eigenvalue weighted by Crippen LogP contribution is 2.22. The molecule has 0 saturated heterocycles. The van der Waals surface area contributed by atoms with Crippen LogP contribution in [0.25, 0.3) is 0 Å². The maximum atomic E-state index is 3.60. The molecule has 2 heteroatoms. The summed E-state index contributed by atoms with van der Waals surface area (Å²) < 4.78 is 0. The summed E-state index contributed by atoms with van der Waals surface area (Å²) in [7, 11) is 2.17. The molecule has 1 aromatic carbocycles. The number of hydrogen-bond donors (Lipinski definition) is 1. The number of aryl methyl sites for hydroxylation is 1. The zero-order valence-corrected chi connectivity index (χ0v) is 12.7. The lowest BCUT2D eigenvalue weighted by molar-refractivity contribution is 0.275. The van der Waals surface area contributed by atoms with E-state index < -0.39 is 0 Å². The van der Waals surface area contributed by atoms with Crippen LogP contribution >= 0.6 is 0 Å². The lowest BCUT2D eigenvalue weighted by Gasteiger charge is -2.35. The largest absolute Gasteiger partial charge is 0.373 e. The van der Waals surface area contributed by atoms with Crippen molar-refractivity contribution in [3.8, 4) is 0 Å². The van der Waals surface area contributed by atoms with Crippen LogP contribution in [0.3, 0.4) is 0 Å². The molecule has 1 rings (SSSR count). The fourth-order valence-electron chi connectivity index (χ4n) is 2.14. The highest BCUT2D eigenvalue weighted by atomic mass is 15.1. The minimum absolute atomic E-state index is 0.272. The smallest absolute Gasteiger partial charge is 0.0366 e. The van der Waals surface area contributed by atoms with E-state index in [0.29, 0.717) is 6.04 Å². The normalized spacial score (nSPS) is 13.4. The molecule has 0 saturated carbocycles. The first-order valence-corrected chi connectivity index (χ1v) is 6.85. The summed E-state index contributed by atoms with van der Waals surface area (Å²) >= 11 is 0. The summed E-state index contributed by atoms with van der Waals surface area (Å²) in [5.74, 6) is 0. The third-order valence-corrected chi connectivity index (χ3v) is 3.39. The van der Waals surface area contributed by atoms with Gasteiger partial charge >= 0.3 is 0 Å². The standard InChI is InChI=1S/C16H28N2/c1-7-17-15(16(3,4)5)12-18(6)14-10-8-9-13(2)11-14/h8-11,15,17H,7,12H2,1-6H3. The molecule has 1 unspecified atom stereocenters. The summed E-state index contributed by atoms with van der Waals surface area (Å²) in [6, 6.07) is 9.18. The number of benzene rings is 1. The second-order valence-corrected chi connectivity index (χ2v) is 6.20. The van der Waals surface area contributed by atoms with E-state index in [1.807, 2.05) is 0 Å². The van der Waals surface area contributed by atoms with Crippen molar-refractivity contribution in [1.29, 1.82) is 0 Å². The van der Waals surface area contributed by atoms with Gasteiger partial charge < -0.3 is 10.2 Å². The van der Waals surface area contributed by atoms with Gasteiger partial charge in [-0.25, -0.2) is 0 Å². The molecule has 2 nitrogen and oxygen atoms in total. The predicted molar refractivity (Wildman–Crippen MR) is 81.4 cm³/mol. The Balaban J connectivity index is 2.75. The van der Waals surface area contributed by atoms with Crippen molar-refractivity contribution < 1.29 is 0 Å². The molecule has 1 aromatic rings. The average Bonchev–Trinajstić information content (AvgIpc) is 2.27. The molecule has 0 radical (unpaired) electrons. The molecule has 0 aliphatic rings. The van der Waals surface area contributed by atoms with Gasteiger partial charge in [-0.1, -0.05) is 39.8 Å². The Hall–Kier alpha value is -1.02. The maximum absolute atomic E-state index is 3.60. The lowest BCUT2D eigenvalue weighted by atomic mass is 9.86. The first-order chi connectivity index (χ1) is 8.34. The quantitative estimate of drug-likeness (QED) is 0.858. The highest BCUT2D eigenvalue weighted by molar-refractivity contribution is 5.47. The topological polar surface area (TPSA) is 15.3 Å². The van der Waals surface area contributed by atoms with E-state index in [0.717, 1.165) is 13.1 Å². The molecule has 0 bridgehead atoms. The van der Waals surface area contributed by atoms with Gasteiger partial charge in [0.2, 0.25) is 0 Å². The number of rotatable bonds is 5. The molecule has 18 heavy (non-hydrogen) atoms. The SMILES string of the molecule is CCNC(CN(C)c1cccc(C)c1)C(C)(C)C. The van der Waals surface area contributed by atoms with Gasteiger partial charge in [0.1, 0.15) is 0 Å². The van der Waals surface area contributed by atoms with Gasteiger partial charge in [-0.3, -0.25) is 0 Å². The van der Waals surface area contributed by atoms with Gasteiger partial charge in [0, 0.05) is 25.3 Å². The van der Waals surface area contributed by atoms with Crippen molar-refractivity contribution in [2.75, 3.05) is 25.0 Å². The molecule has 0 aromatic heterocycles. The Morgan fingerprint density at radius 2 is 1.94 bits per heavy atom. The van der Waals surface area contributed by atoms with Crippen molar-refractivity contribution >= 4 is 5.69 Å². The van der Waals surface area contributed by atoms with E-state index in [-0.39, 0.29) is 5.41 Å². The molecule has 0 heterocycles. The fraction of sp³-hybridized carbons (Fsp3) is 0.625. The zero-order valence-electron chi connectivity index (χ0n) is 12.7. The molecular weight excluding hydrogens is 220 g/mol. The Labute approximate surface area is 112 Å². The molecule has 102 valence electrons. The second kappa shape index (κ2) is 6.24. The van der Waals surface area contributed by atoms with Crippen LogP contribution in [-0.4, -0.2) is 26.2 Å². The van der Waals surface area contributed by atoms with E-state index in [1.54, 1.807) is 0 Å². The maximum Gasteiger partial charge on any atom is 0.0366 e. The Morgan fingerprint density at radius 1 is 1.28 bits per heavy atom. The Morgan fingerprint density at radius 3 is 2.44 bits per heavy atom. The van der Waals surface area contributed by atoms with Gasteiger partial charge in [-0.15, -0.1) is 0 Å². The van der Waals surface area contributed by atoms with E-state index in [4.69, 9.17) is 0 Å². The Kier molecular flexibility index (Phi) is 5.21. The molecule has 0 spiro atoms. The Bertz CT molecular complexity index is 366. The minimum atomic E-state index is 0.272. The summed E-state index contributed by atoms with van der Waals surface area (Å²) in [5, 5.41) is 3.60. The van der Waals surface area contributed by atoms with Crippen LogP contribution in [0.15, 0.2) is 24.3 Å². The fourth-order valence-corrected chi connectivity index (χ4v) is 2.14. The highest BCUT2D eigenvalue weighted by Gasteiger charge is 2.24. The van der Waals surface area contributed by atoms with E-state index in [1.165, 1.54) is 11.3 Å². The first-order valence-electron chi connectivity index (χ1n) is 6.85. The van der Waals surface area contributed by atoms with E-state index >= 15 is 0 Å². The second-order valence-electron chi connectivity index (χ2n) is 6.20. The zero-order chi connectivity index (χ0) is 13.8. The number of nitrogens with one attached hydrogen (secondary N) is 1. The molecule has 1 atom stereocenters. The lowest BCUT2D eigenvalue weighted by Crippen LogP contribution is -2.47. The third-order valence-electron chi connectivity index (χ3n) is 3.39. The van der Waals surface area contributed by atoms with Crippen LogP contribution in [-0.2, 0) is 0 Å². The van der Waals surface area contributed by atoms with Crippen LogP contribution in [0.1, 0.15) is 33.3 Å². The third kappa shape index (κ3) is 4.34. The molecule has 0 aliphatic heterocycles. The summed E-state index contributed by atoms with van der Waals surface area (Å²) in [5.41, 5.74) is 2.88. The number of anilines is 1. The molecule has 1 N–H and O–H groups in total. The number of hydrogen-bond acceptors (Lipinski definition) is 2. The van der Waals surface area contributed by atoms with Crippen LogP contribution in [0.4, 0.5) is 5.69 Å². The predicted octanol–water partition coefficient (Wildman–Crippen LogP) is 3.46. The summed E-state index contributed by atoms with van der Waals surface area (Å²) in [4.78, 5) is 2.34. The van der Waals surface area contributed by atoms with Gasteiger partial charge in [0.15, 0.2) is 0 Å². The van der Waals surface area contributed by atoms with Crippen molar-refractivity contribution in [2.24, 2.45) is 5.41 Å². The monoisotopic (exact) mass is 248 g/mol. The molecule has 0 fully saturated rings. The number of nitrogens with zero attached hydrogens (tertiary/aromatic N) is 1. The first kappa shape index (κ1) is 15.0. The van der Waals surface area contributed by atoms with E-state index in [9.17, 15) is 0 Å². The molecular formula is C16H28N2. The summed E-state index contributed by atoms with van der Waals surface area (Å²) in [6.07, 6.45) is 0. The number of likely N-dealkylation sites (N-methyl/N-ethyl adjacent to an activating group) is 2. The van der Waals surface area contributed by atoms with Gasteiger partial charge in [0.25, 0.3) is 0 Å². The molecule has 0 amide bonds. The van der Waals surface area contributed by atoms with Crippen LogP contribution in [0.5, 0.6) is 0 Å². The minimum Gasteiger partial charge on any atom is -0.373 e. The van der Waals surface area contributed by atoms with Crippen LogP contribution < -0.4 is 10.2 Å². The average molecular weight is 248 g/mol. The van der Waals surface area contributed by atoms with E-state index in [2.05, 4.69) is 76.1 Å². The summed E-state index contributed by atoms with van der Waals surface area (Å²) in [6.45, 7) is 13.2. The van der Waals surface area contributed by atoms with Crippen molar-refractivity contribution in [2.45, 2.75) is 40.7 Å².